The van der Waals surface area contributed by atoms with E-state index in [1.54, 1.807) is 20.3 Å². The summed E-state index contributed by atoms with van der Waals surface area (Å²) in [7, 11) is 3.21. The average molecular weight is 388 g/mol. The number of carbonyl (C=O) groups is 1. The lowest BCUT2D eigenvalue weighted by atomic mass is 9.89. The number of carbonyl (C=O) groups excluding carboxylic acids is 1. The molecule has 5 nitrogen and oxygen atoms in total. The molecule has 0 saturated heterocycles. The van der Waals surface area contributed by atoms with Crippen molar-refractivity contribution in [3.05, 3.63) is 89.0 Å². The highest BCUT2D eigenvalue weighted by Crippen LogP contribution is 2.41. The van der Waals surface area contributed by atoms with E-state index in [0.717, 1.165) is 22.6 Å². The molecule has 0 fully saturated rings. The van der Waals surface area contributed by atoms with Gasteiger partial charge in [-0.15, -0.1) is 0 Å². The van der Waals surface area contributed by atoms with Crippen LogP contribution in [0.5, 0.6) is 23.0 Å². The molecule has 1 unspecified atom stereocenters. The van der Waals surface area contributed by atoms with Gasteiger partial charge in [0.2, 0.25) is 0 Å². The fraction of sp³-hybridized carbons (Fsp3) is 0.125. The van der Waals surface area contributed by atoms with Crippen molar-refractivity contribution in [2.75, 3.05) is 14.2 Å². The zero-order valence-corrected chi connectivity index (χ0v) is 16.1. The van der Waals surface area contributed by atoms with Crippen LogP contribution in [0.1, 0.15) is 27.6 Å². The normalized spacial score (nSPS) is 16.8. The van der Waals surface area contributed by atoms with Crippen molar-refractivity contribution >= 4 is 11.9 Å². The molecule has 0 aliphatic carbocycles. The number of Topliss-reactive ketones (excluding diaryl/α,β-unsaturated/α-hetero) is 1. The third kappa shape index (κ3) is 3.67. The van der Waals surface area contributed by atoms with Gasteiger partial charge < -0.3 is 19.3 Å². The van der Waals surface area contributed by atoms with Crippen molar-refractivity contribution in [3.63, 3.8) is 0 Å². The maximum Gasteiger partial charge on any atom is 0.196 e. The number of hydrogen-bond donors (Lipinski definition) is 1. The van der Waals surface area contributed by atoms with Crippen LogP contribution in [-0.4, -0.2) is 25.1 Å². The van der Waals surface area contributed by atoms with Gasteiger partial charge in [0.05, 0.1) is 19.8 Å². The Hall–Kier alpha value is -3.73. The Morgan fingerprint density at radius 2 is 1.52 bits per heavy atom. The molecule has 1 atom stereocenters. The van der Waals surface area contributed by atoms with E-state index in [2.05, 4.69) is 0 Å². The van der Waals surface area contributed by atoms with E-state index in [-0.39, 0.29) is 11.5 Å². The monoisotopic (exact) mass is 388 g/mol. The first-order chi connectivity index (χ1) is 14.1. The van der Waals surface area contributed by atoms with Gasteiger partial charge in [-0.3, -0.25) is 4.79 Å². The van der Waals surface area contributed by atoms with Gasteiger partial charge >= 0.3 is 0 Å². The van der Waals surface area contributed by atoms with Crippen molar-refractivity contribution < 1.29 is 24.1 Å². The average Bonchev–Trinajstić information content (AvgIpc) is 2.76. The molecule has 0 amide bonds. The molecule has 0 radical (unpaired) electrons. The van der Waals surface area contributed by atoms with Crippen LogP contribution >= 0.6 is 0 Å². The van der Waals surface area contributed by atoms with Gasteiger partial charge in [-0.1, -0.05) is 24.3 Å². The Morgan fingerprint density at radius 3 is 2.14 bits per heavy atom. The predicted molar refractivity (Wildman–Crippen MR) is 110 cm³/mol. The minimum atomic E-state index is -0.607. The highest BCUT2D eigenvalue weighted by atomic mass is 16.5. The summed E-state index contributed by atoms with van der Waals surface area (Å²) in [6.45, 7) is 0. The summed E-state index contributed by atoms with van der Waals surface area (Å²) >= 11 is 0. The summed E-state index contributed by atoms with van der Waals surface area (Å²) in [6, 6.07) is 19.4. The molecule has 0 bridgehead atoms. The zero-order chi connectivity index (χ0) is 20.4. The largest absolute Gasteiger partial charge is 0.508 e. The molecule has 4 rings (SSSR count). The first kappa shape index (κ1) is 18.6. The Labute approximate surface area is 168 Å². The number of ketones is 1. The van der Waals surface area contributed by atoms with Crippen LogP contribution in [-0.2, 0) is 0 Å². The van der Waals surface area contributed by atoms with Crippen molar-refractivity contribution in [1.82, 2.24) is 0 Å². The van der Waals surface area contributed by atoms with E-state index in [1.807, 2.05) is 54.6 Å². The van der Waals surface area contributed by atoms with E-state index < -0.39 is 6.10 Å². The third-order valence-electron chi connectivity index (χ3n) is 4.86. The molecular formula is C24H20O5. The van der Waals surface area contributed by atoms with Gasteiger partial charge in [0.15, 0.2) is 11.9 Å². The molecule has 1 N–H and O–H groups in total. The zero-order valence-electron chi connectivity index (χ0n) is 16.1. The fourth-order valence-electron chi connectivity index (χ4n) is 3.31. The quantitative estimate of drug-likeness (QED) is 0.650. The highest BCUT2D eigenvalue weighted by molar-refractivity contribution is 6.14. The van der Waals surface area contributed by atoms with E-state index in [4.69, 9.17) is 14.2 Å². The van der Waals surface area contributed by atoms with Crippen LogP contribution in [0, 0.1) is 0 Å². The minimum Gasteiger partial charge on any atom is -0.508 e. The van der Waals surface area contributed by atoms with Gasteiger partial charge in [0.25, 0.3) is 0 Å². The molecule has 1 aliphatic rings. The number of fused-ring (bicyclic) bond motifs is 1. The summed E-state index contributed by atoms with van der Waals surface area (Å²) in [6.07, 6.45) is 1.22. The van der Waals surface area contributed by atoms with Gasteiger partial charge in [0.1, 0.15) is 23.0 Å². The molecule has 5 heteroatoms. The van der Waals surface area contributed by atoms with Crippen LogP contribution in [0.2, 0.25) is 0 Å². The Balaban J connectivity index is 1.81. The second-order valence-corrected chi connectivity index (χ2v) is 6.65. The lowest BCUT2D eigenvalue weighted by Crippen LogP contribution is -2.23. The Bertz CT molecular complexity index is 1070. The second kappa shape index (κ2) is 7.72. The topological polar surface area (TPSA) is 65.0 Å². The molecule has 3 aromatic rings. The maximum atomic E-state index is 13.3. The number of phenolic OH excluding ortho intramolecular Hbond substituents is 1. The van der Waals surface area contributed by atoms with Crippen LogP contribution in [0.25, 0.3) is 6.08 Å². The second-order valence-electron chi connectivity index (χ2n) is 6.65. The van der Waals surface area contributed by atoms with E-state index in [1.165, 1.54) is 12.1 Å². The summed E-state index contributed by atoms with van der Waals surface area (Å²) in [5.74, 6) is 1.73. The van der Waals surface area contributed by atoms with Gasteiger partial charge in [0, 0.05) is 11.6 Å². The van der Waals surface area contributed by atoms with Crippen LogP contribution in [0.15, 0.2) is 72.3 Å². The van der Waals surface area contributed by atoms with Crippen LogP contribution < -0.4 is 14.2 Å². The molecule has 0 saturated carbocycles. The standard InChI is InChI=1S/C24H20O5/c1-27-18-8-3-15(4-9-18)13-21-23(26)20-12-7-17(25)14-22(20)29-24(21)16-5-10-19(28-2)11-6-16/h3-14,24-25H,1-2H3/b21-13-. The summed E-state index contributed by atoms with van der Waals surface area (Å²) in [4.78, 5) is 13.3. The lowest BCUT2D eigenvalue weighted by molar-refractivity contribution is 0.0963. The molecule has 1 aliphatic heterocycles. The van der Waals surface area contributed by atoms with Gasteiger partial charge in [-0.25, -0.2) is 0 Å². The number of hydrogen-bond acceptors (Lipinski definition) is 5. The predicted octanol–water partition coefficient (Wildman–Crippen LogP) is 4.81. The molecular weight excluding hydrogens is 368 g/mol. The molecule has 29 heavy (non-hydrogen) atoms. The first-order valence-corrected chi connectivity index (χ1v) is 9.13. The van der Waals surface area contributed by atoms with Crippen molar-refractivity contribution in [3.8, 4) is 23.0 Å². The molecule has 0 spiro atoms. The van der Waals surface area contributed by atoms with Crippen LogP contribution in [0.3, 0.4) is 0 Å². The van der Waals surface area contributed by atoms with Crippen molar-refractivity contribution in [2.45, 2.75) is 6.10 Å². The Kier molecular flexibility index (Phi) is 4.96. The smallest absolute Gasteiger partial charge is 0.196 e. The number of aromatic hydroxyl groups is 1. The third-order valence-corrected chi connectivity index (χ3v) is 4.86. The summed E-state index contributed by atoms with van der Waals surface area (Å²) < 4.78 is 16.6. The van der Waals surface area contributed by atoms with Crippen molar-refractivity contribution in [1.29, 1.82) is 0 Å². The molecule has 3 aromatic carbocycles. The molecule has 0 aromatic heterocycles. The number of ether oxygens (including phenoxy) is 3. The first-order valence-electron chi connectivity index (χ1n) is 9.13. The maximum absolute atomic E-state index is 13.3. The summed E-state index contributed by atoms with van der Waals surface area (Å²) in [5, 5.41) is 9.82. The van der Waals surface area contributed by atoms with Gasteiger partial charge in [-0.05, 0) is 53.6 Å². The molecule has 1 heterocycles. The van der Waals surface area contributed by atoms with E-state index >= 15 is 0 Å². The lowest BCUT2D eigenvalue weighted by Gasteiger charge is -2.28. The number of phenols is 1. The SMILES string of the molecule is COc1ccc(/C=C2/C(=O)c3ccc(O)cc3OC2c2ccc(OC)cc2)cc1. The number of methoxy groups -OCH3 is 2. The summed E-state index contributed by atoms with van der Waals surface area (Å²) in [5.41, 5.74) is 2.61. The Morgan fingerprint density at radius 1 is 0.897 bits per heavy atom. The van der Waals surface area contributed by atoms with Gasteiger partial charge in [-0.2, -0.15) is 0 Å². The van der Waals surface area contributed by atoms with Crippen molar-refractivity contribution in [2.24, 2.45) is 0 Å². The fourth-order valence-corrected chi connectivity index (χ4v) is 3.31. The number of rotatable bonds is 4. The van der Waals surface area contributed by atoms with Crippen LogP contribution in [0.4, 0.5) is 0 Å². The van der Waals surface area contributed by atoms with E-state index in [0.29, 0.717) is 16.9 Å². The minimum absolute atomic E-state index is 0.0487. The van der Waals surface area contributed by atoms with E-state index in [9.17, 15) is 9.90 Å². The number of benzene rings is 3. The highest BCUT2D eigenvalue weighted by Gasteiger charge is 2.33. The molecule has 146 valence electrons.